The lowest BCUT2D eigenvalue weighted by Crippen LogP contribution is -2.12. The summed E-state index contributed by atoms with van der Waals surface area (Å²) < 4.78 is 13.0. The molecular weight excluding hydrogens is 427 g/mol. The number of benzene rings is 3. The summed E-state index contributed by atoms with van der Waals surface area (Å²) in [5.74, 6) is 0.865. The van der Waals surface area contributed by atoms with Gasteiger partial charge in [-0.1, -0.05) is 24.3 Å². The quantitative estimate of drug-likeness (QED) is 0.378. The summed E-state index contributed by atoms with van der Waals surface area (Å²) in [7, 11) is 0. The van der Waals surface area contributed by atoms with Crippen LogP contribution in [0.25, 0.3) is 10.9 Å². The molecule has 0 radical (unpaired) electrons. The van der Waals surface area contributed by atoms with Crippen LogP contribution in [-0.2, 0) is 0 Å². The van der Waals surface area contributed by atoms with Gasteiger partial charge in [0.25, 0.3) is 5.91 Å². The molecule has 0 aliphatic carbocycles. The zero-order chi connectivity index (χ0) is 22.0. The average molecular weight is 451 g/mol. The van der Waals surface area contributed by atoms with Crippen LogP contribution in [0, 0.1) is 19.7 Å². The van der Waals surface area contributed by atoms with E-state index in [4.69, 9.17) is 0 Å². The molecule has 0 fully saturated rings. The molecule has 32 heavy (non-hydrogen) atoms. The largest absolute Gasteiger partial charge is 0.363 e. The molecule has 1 unspecified atom stereocenters. The molecular formula is C25H24ClFN4O. The molecule has 3 aromatic carbocycles. The lowest BCUT2D eigenvalue weighted by Gasteiger charge is -2.18. The van der Waals surface area contributed by atoms with Gasteiger partial charge in [-0.05, 0) is 74.4 Å². The van der Waals surface area contributed by atoms with Crippen molar-refractivity contribution in [1.29, 1.82) is 0 Å². The SMILES string of the molecule is Cc1nc(NC(C)c2ccc(NC(=O)c3ccc(F)cc3)cc2)c2cccc(C)c2n1.Cl. The van der Waals surface area contributed by atoms with Crippen LogP contribution in [0.1, 0.15) is 40.3 Å². The summed E-state index contributed by atoms with van der Waals surface area (Å²) in [5, 5.41) is 7.30. The van der Waals surface area contributed by atoms with Gasteiger partial charge >= 0.3 is 0 Å². The number of para-hydroxylation sites is 1. The number of halogens is 2. The van der Waals surface area contributed by atoms with Gasteiger partial charge in [0.2, 0.25) is 0 Å². The number of fused-ring (bicyclic) bond motifs is 1. The van der Waals surface area contributed by atoms with Crippen molar-refractivity contribution < 1.29 is 9.18 Å². The fourth-order valence-corrected chi connectivity index (χ4v) is 3.47. The summed E-state index contributed by atoms with van der Waals surface area (Å²) in [4.78, 5) is 21.5. The summed E-state index contributed by atoms with van der Waals surface area (Å²) in [6.45, 7) is 5.99. The maximum Gasteiger partial charge on any atom is 0.255 e. The Morgan fingerprint density at radius 2 is 1.62 bits per heavy atom. The van der Waals surface area contributed by atoms with Crippen molar-refractivity contribution >= 4 is 40.7 Å². The number of nitrogens with one attached hydrogen (secondary N) is 2. The molecule has 4 rings (SSSR count). The number of aryl methyl sites for hydroxylation is 2. The normalized spacial score (nSPS) is 11.5. The Balaban J connectivity index is 0.00000289. The highest BCUT2D eigenvalue weighted by molar-refractivity contribution is 6.04. The minimum absolute atomic E-state index is 0. The first-order valence-corrected chi connectivity index (χ1v) is 10.1. The van der Waals surface area contributed by atoms with E-state index >= 15 is 0 Å². The van der Waals surface area contributed by atoms with Crippen molar-refractivity contribution in [2.75, 3.05) is 10.6 Å². The molecule has 4 aromatic rings. The van der Waals surface area contributed by atoms with Gasteiger partial charge in [-0.15, -0.1) is 12.4 Å². The molecule has 164 valence electrons. The lowest BCUT2D eigenvalue weighted by atomic mass is 10.1. The molecule has 0 aliphatic heterocycles. The van der Waals surface area contributed by atoms with Gasteiger partial charge in [0.15, 0.2) is 0 Å². The maximum atomic E-state index is 13.0. The second-order valence-electron chi connectivity index (χ2n) is 7.54. The Morgan fingerprint density at radius 3 is 2.31 bits per heavy atom. The molecule has 1 atom stereocenters. The van der Waals surface area contributed by atoms with Gasteiger partial charge < -0.3 is 10.6 Å². The van der Waals surface area contributed by atoms with Crippen molar-refractivity contribution in [3.63, 3.8) is 0 Å². The van der Waals surface area contributed by atoms with Gasteiger partial charge in [0.05, 0.1) is 5.52 Å². The van der Waals surface area contributed by atoms with Gasteiger partial charge in [-0.3, -0.25) is 4.79 Å². The van der Waals surface area contributed by atoms with Crippen LogP contribution in [-0.4, -0.2) is 15.9 Å². The fraction of sp³-hybridized carbons (Fsp3) is 0.160. The number of carbonyl (C=O) groups is 1. The molecule has 1 amide bonds. The van der Waals surface area contributed by atoms with Crippen LogP contribution in [0.2, 0.25) is 0 Å². The standard InChI is InChI=1S/C25H23FN4O.ClH/c1-15-5-4-6-22-23(15)28-17(3)29-24(22)27-16(2)18-9-13-21(14-10-18)30-25(31)19-7-11-20(26)12-8-19;/h4-14,16H,1-3H3,(H,30,31)(H,27,28,29);1H. The van der Waals surface area contributed by atoms with Crippen molar-refractivity contribution in [3.8, 4) is 0 Å². The van der Waals surface area contributed by atoms with Crippen LogP contribution >= 0.6 is 12.4 Å². The van der Waals surface area contributed by atoms with E-state index in [0.29, 0.717) is 11.3 Å². The van der Waals surface area contributed by atoms with E-state index in [1.165, 1.54) is 24.3 Å². The third-order valence-corrected chi connectivity index (χ3v) is 5.17. The van der Waals surface area contributed by atoms with E-state index in [2.05, 4.69) is 27.5 Å². The molecule has 0 spiro atoms. The maximum absolute atomic E-state index is 13.0. The van der Waals surface area contributed by atoms with Crippen LogP contribution in [0.5, 0.6) is 0 Å². The van der Waals surface area contributed by atoms with Crippen LogP contribution in [0.3, 0.4) is 0 Å². The van der Waals surface area contributed by atoms with Crippen LogP contribution in [0.4, 0.5) is 15.9 Å². The van der Waals surface area contributed by atoms with Crippen LogP contribution < -0.4 is 10.6 Å². The van der Waals surface area contributed by atoms with E-state index < -0.39 is 0 Å². The summed E-state index contributed by atoms with van der Waals surface area (Å²) in [6, 6.07) is 19.1. The average Bonchev–Trinajstić information content (AvgIpc) is 2.75. The smallest absolute Gasteiger partial charge is 0.255 e. The first-order chi connectivity index (χ1) is 14.9. The lowest BCUT2D eigenvalue weighted by molar-refractivity contribution is 0.102. The van der Waals surface area contributed by atoms with Gasteiger partial charge in [0, 0.05) is 22.7 Å². The molecule has 0 aliphatic rings. The molecule has 1 aromatic heterocycles. The van der Waals surface area contributed by atoms with E-state index in [0.717, 1.165) is 33.7 Å². The summed E-state index contributed by atoms with van der Waals surface area (Å²) >= 11 is 0. The number of amides is 1. The highest BCUT2D eigenvalue weighted by Gasteiger charge is 2.12. The molecule has 0 bridgehead atoms. The number of carbonyl (C=O) groups excluding carboxylic acids is 1. The van der Waals surface area contributed by atoms with E-state index in [1.807, 2.05) is 56.3 Å². The monoisotopic (exact) mass is 450 g/mol. The Bertz CT molecular complexity index is 1240. The van der Waals surface area contributed by atoms with Gasteiger partial charge in [-0.2, -0.15) is 0 Å². The topological polar surface area (TPSA) is 66.9 Å². The fourth-order valence-electron chi connectivity index (χ4n) is 3.47. The van der Waals surface area contributed by atoms with Crippen molar-refractivity contribution in [1.82, 2.24) is 9.97 Å². The van der Waals surface area contributed by atoms with E-state index in [1.54, 1.807) is 0 Å². The molecule has 1 heterocycles. The van der Waals surface area contributed by atoms with Crippen molar-refractivity contribution in [2.45, 2.75) is 26.8 Å². The zero-order valence-corrected chi connectivity index (χ0v) is 18.8. The Morgan fingerprint density at radius 1 is 0.938 bits per heavy atom. The number of hydrogen-bond acceptors (Lipinski definition) is 4. The Hall–Kier alpha value is -3.51. The highest BCUT2D eigenvalue weighted by Crippen LogP contribution is 2.27. The van der Waals surface area contributed by atoms with Gasteiger partial charge in [0.1, 0.15) is 17.5 Å². The predicted molar refractivity (Wildman–Crippen MR) is 129 cm³/mol. The minimum atomic E-state index is -0.371. The minimum Gasteiger partial charge on any atom is -0.363 e. The second-order valence-corrected chi connectivity index (χ2v) is 7.54. The predicted octanol–water partition coefficient (Wildman–Crippen LogP) is 6.23. The second kappa shape index (κ2) is 9.75. The molecule has 7 heteroatoms. The summed E-state index contributed by atoms with van der Waals surface area (Å²) in [5.41, 5.74) is 4.19. The summed E-state index contributed by atoms with van der Waals surface area (Å²) in [6.07, 6.45) is 0. The molecule has 0 saturated carbocycles. The van der Waals surface area contributed by atoms with Gasteiger partial charge in [-0.25, -0.2) is 14.4 Å². The first kappa shape index (κ1) is 23.2. The third kappa shape index (κ3) is 5.03. The Kier molecular flexibility index (Phi) is 7.05. The molecule has 5 nitrogen and oxygen atoms in total. The number of hydrogen-bond donors (Lipinski definition) is 2. The number of anilines is 2. The van der Waals surface area contributed by atoms with E-state index in [-0.39, 0.29) is 30.2 Å². The zero-order valence-electron chi connectivity index (χ0n) is 18.0. The third-order valence-electron chi connectivity index (χ3n) is 5.17. The van der Waals surface area contributed by atoms with E-state index in [9.17, 15) is 9.18 Å². The van der Waals surface area contributed by atoms with Crippen LogP contribution in [0.15, 0.2) is 66.7 Å². The first-order valence-electron chi connectivity index (χ1n) is 10.1. The Labute approximate surface area is 192 Å². The van der Waals surface area contributed by atoms with Crippen molar-refractivity contribution in [3.05, 3.63) is 95.1 Å². The number of nitrogens with zero attached hydrogens (tertiary/aromatic N) is 2. The molecule has 0 saturated heterocycles. The number of aromatic nitrogens is 2. The molecule has 2 N–H and O–H groups in total. The highest BCUT2D eigenvalue weighted by atomic mass is 35.5. The number of rotatable bonds is 5. The van der Waals surface area contributed by atoms with Crippen molar-refractivity contribution in [2.24, 2.45) is 0 Å².